The third-order valence-corrected chi connectivity index (χ3v) is 6.86. The highest BCUT2D eigenvalue weighted by Gasteiger charge is 2.29. The van der Waals surface area contributed by atoms with Crippen LogP contribution >= 0.6 is 15.9 Å². The molecule has 0 aliphatic carbocycles. The highest BCUT2D eigenvalue weighted by molar-refractivity contribution is 9.10. The lowest BCUT2D eigenvalue weighted by Crippen LogP contribution is -2.32. The van der Waals surface area contributed by atoms with Crippen molar-refractivity contribution in [2.45, 2.75) is 32.2 Å². The molecule has 2 aromatic heterocycles. The van der Waals surface area contributed by atoms with Crippen molar-refractivity contribution < 1.29 is 9.18 Å². The second-order valence-electron chi connectivity index (χ2n) is 8.40. The van der Waals surface area contributed by atoms with Gasteiger partial charge in [-0.05, 0) is 48.9 Å². The summed E-state index contributed by atoms with van der Waals surface area (Å²) >= 11 is 3.51. The molecule has 2 saturated heterocycles. The number of carbonyl (C=O) groups excluding carboxylic acids is 1. The van der Waals surface area contributed by atoms with Gasteiger partial charge in [-0.25, -0.2) is 18.7 Å². The quantitative estimate of drug-likeness (QED) is 0.574. The van der Waals surface area contributed by atoms with Crippen molar-refractivity contribution in [2.24, 2.45) is 5.92 Å². The van der Waals surface area contributed by atoms with E-state index in [4.69, 9.17) is 4.98 Å². The summed E-state index contributed by atoms with van der Waals surface area (Å²) in [5, 5.41) is 7.31. The van der Waals surface area contributed by atoms with Gasteiger partial charge in [-0.2, -0.15) is 5.10 Å². The lowest BCUT2D eigenvalue weighted by atomic mass is 10.0. The topological polar surface area (TPSA) is 65.8 Å². The maximum atomic E-state index is 13.6. The highest BCUT2D eigenvalue weighted by Crippen LogP contribution is 2.38. The minimum absolute atomic E-state index is 0.108. The summed E-state index contributed by atoms with van der Waals surface area (Å²) < 4.78 is 16.0. The Morgan fingerprint density at radius 2 is 2.13 bits per heavy atom. The van der Waals surface area contributed by atoms with Crippen molar-refractivity contribution >= 4 is 39.1 Å². The highest BCUT2D eigenvalue weighted by atomic mass is 79.9. The fourth-order valence-corrected chi connectivity index (χ4v) is 5.17. The molecule has 162 valence electrons. The van der Waals surface area contributed by atoms with Crippen LogP contribution < -0.4 is 10.2 Å². The number of nitrogens with zero attached hydrogens (tertiary/aromatic N) is 5. The predicted molar refractivity (Wildman–Crippen MR) is 121 cm³/mol. The standard InChI is InChI=1S/C22H24BrFN6O/c1-14-6-9-28(13-14)22(31)26-18-12-25-30-10-7-20(27-21(18)30)29-8-2-3-19(29)16-5-4-15(24)11-17(16)23/h4-5,7,10-12,14,19H,2-3,6,8-9,13H2,1H3,(H,26,31)/t14-,19?/m0/s1. The first-order valence-corrected chi connectivity index (χ1v) is 11.4. The molecule has 7 nitrogen and oxygen atoms in total. The van der Waals surface area contributed by atoms with Crippen LogP contribution in [0.3, 0.4) is 0 Å². The lowest BCUT2D eigenvalue weighted by molar-refractivity contribution is 0.221. The van der Waals surface area contributed by atoms with Crippen LogP contribution in [0.5, 0.6) is 0 Å². The van der Waals surface area contributed by atoms with E-state index >= 15 is 0 Å². The van der Waals surface area contributed by atoms with Gasteiger partial charge in [0, 0.05) is 30.3 Å². The van der Waals surface area contributed by atoms with E-state index in [1.807, 2.05) is 23.2 Å². The third-order valence-electron chi connectivity index (χ3n) is 6.18. The van der Waals surface area contributed by atoms with E-state index in [-0.39, 0.29) is 17.9 Å². The van der Waals surface area contributed by atoms with Crippen molar-refractivity contribution in [1.29, 1.82) is 0 Å². The molecule has 2 aliphatic heterocycles. The van der Waals surface area contributed by atoms with E-state index in [0.717, 1.165) is 54.8 Å². The van der Waals surface area contributed by atoms with E-state index in [1.54, 1.807) is 10.7 Å². The molecule has 1 unspecified atom stereocenters. The zero-order valence-corrected chi connectivity index (χ0v) is 18.8. The molecule has 2 amide bonds. The molecule has 9 heteroatoms. The molecule has 2 aliphatic rings. The normalized spacial score (nSPS) is 21.3. The average molecular weight is 487 g/mol. The number of likely N-dealkylation sites (tertiary alicyclic amines) is 1. The fraction of sp³-hybridized carbons (Fsp3) is 0.409. The van der Waals surface area contributed by atoms with Crippen LogP contribution in [-0.4, -0.2) is 45.2 Å². The van der Waals surface area contributed by atoms with Crippen LogP contribution in [0, 0.1) is 11.7 Å². The van der Waals surface area contributed by atoms with Crippen LogP contribution in [-0.2, 0) is 0 Å². The maximum Gasteiger partial charge on any atom is 0.321 e. The fourth-order valence-electron chi connectivity index (χ4n) is 4.56. The average Bonchev–Trinajstić information content (AvgIpc) is 3.48. The number of nitrogens with one attached hydrogen (secondary N) is 1. The van der Waals surface area contributed by atoms with Crippen LogP contribution in [0.15, 0.2) is 41.1 Å². The number of hydrogen-bond acceptors (Lipinski definition) is 4. The van der Waals surface area contributed by atoms with Crippen molar-refractivity contribution in [3.8, 4) is 0 Å². The van der Waals surface area contributed by atoms with Crippen LogP contribution in [0.2, 0.25) is 0 Å². The summed E-state index contributed by atoms with van der Waals surface area (Å²) in [4.78, 5) is 21.6. The van der Waals surface area contributed by atoms with Gasteiger partial charge >= 0.3 is 6.03 Å². The Balaban J connectivity index is 1.42. The van der Waals surface area contributed by atoms with Crippen molar-refractivity contribution in [3.05, 3.63) is 52.5 Å². The maximum absolute atomic E-state index is 13.6. The summed E-state index contributed by atoms with van der Waals surface area (Å²) in [6.45, 7) is 4.56. The minimum atomic E-state index is -0.258. The van der Waals surface area contributed by atoms with Gasteiger partial charge < -0.3 is 15.1 Å². The summed E-state index contributed by atoms with van der Waals surface area (Å²) in [5.41, 5.74) is 2.26. The second kappa shape index (κ2) is 8.11. The molecular weight excluding hydrogens is 463 g/mol. The lowest BCUT2D eigenvalue weighted by Gasteiger charge is -2.27. The van der Waals surface area contributed by atoms with Crippen LogP contribution in [0.1, 0.15) is 37.8 Å². The zero-order valence-electron chi connectivity index (χ0n) is 17.3. The van der Waals surface area contributed by atoms with Gasteiger partial charge in [-0.1, -0.05) is 28.9 Å². The molecule has 5 rings (SSSR count). The SMILES string of the molecule is C[C@H]1CCN(C(=O)Nc2cnn3ccc(N4CCCC4c4ccc(F)cc4Br)nc23)C1. The molecular formula is C22H24BrFN6O. The first kappa shape index (κ1) is 20.2. The Bertz CT molecular complexity index is 1130. The number of urea groups is 1. The number of rotatable bonds is 3. The van der Waals surface area contributed by atoms with E-state index < -0.39 is 0 Å². The Labute approximate surface area is 188 Å². The molecule has 2 fully saturated rings. The number of anilines is 2. The van der Waals surface area contributed by atoms with Gasteiger partial charge in [0.05, 0.1) is 12.2 Å². The molecule has 2 atom stereocenters. The van der Waals surface area contributed by atoms with Gasteiger partial charge in [-0.3, -0.25) is 0 Å². The molecule has 0 spiro atoms. The van der Waals surface area contributed by atoms with E-state index in [0.29, 0.717) is 17.3 Å². The summed E-state index contributed by atoms with van der Waals surface area (Å²) in [6.07, 6.45) is 6.52. The van der Waals surface area contributed by atoms with Gasteiger partial charge in [0.15, 0.2) is 5.65 Å². The second-order valence-corrected chi connectivity index (χ2v) is 9.25. The van der Waals surface area contributed by atoms with Gasteiger partial charge in [-0.15, -0.1) is 0 Å². The monoisotopic (exact) mass is 486 g/mol. The van der Waals surface area contributed by atoms with Gasteiger partial charge in [0.25, 0.3) is 0 Å². The largest absolute Gasteiger partial charge is 0.349 e. The predicted octanol–water partition coefficient (Wildman–Crippen LogP) is 4.85. The minimum Gasteiger partial charge on any atom is -0.349 e. The number of carbonyl (C=O) groups is 1. The smallest absolute Gasteiger partial charge is 0.321 e. The number of fused-ring (bicyclic) bond motifs is 1. The molecule has 1 aromatic carbocycles. The van der Waals surface area contributed by atoms with Crippen molar-refractivity contribution in [2.75, 3.05) is 29.9 Å². The third kappa shape index (κ3) is 3.86. The first-order chi connectivity index (χ1) is 15.0. The Morgan fingerprint density at radius 1 is 1.26 bits per heavy atom. The molecule has 1 N–H and O–H groups in total. The molecule has 4 heterocycles. The molecule has 3 aromatic rings. The number of hydrogen-bond donors (Lipinski definition) is 1. The first-order valence-electron chi connectivity index (χ1n) is 10.6. The van der Waals surface area contributed by atoms with Crippen LogP contribution in [0.4, 0.5) is 20.7 Å². The zero-order chi connectivity index (χ0) is 21.5. The number of benzene rings is 1. The van der Waals surface area contributed by atoms with E-state index in [9.17, 15) is 9.18 Å². The number of aromatic nitrogens is 3. The van der Waals surface area contributed by atoms with Gasteiger partial charge in [0.1, 0.15) is 17.3 Å². The van der Waals surface area contributed by atoms with Crippen molar-refractivity contribution in [1.82, 2.24) is 19.5 Å². The Kier molecular flexibility index (Phi) is 5.29. The van der Waals surface area contributed by atoms with Gasteiger partial charge in [0.2, 0.25) is 0 Å². The Hall–Kier alpha value is -2.68. The molecule has 0 bridgehead atoms. The molecule has 31 heavy (non-hydrogen) atoms. The summed E-state index contributed by atoms with van der Waals surface area (Å²) in [6, 6.07) is 6.77. The molecule has 0 saturated carbocycles. The number of amides is 2. The van der Waals surface area contributed by atoms with Crippen LogP contribution in [0.25, 0.3) is 5.65 Å². The van der Waals surface area contributed by atoms with E-state index in [2.05, 4.69) is 38.2 Å². The summed E-state index contributed by atoms with van der Waals surface area (Å²) in [7, 11) is 0. The van der Waals surface area contributed by atoms with E-state index in [1.165, 1.54) is 12.1 Å². The number of halogens is 2. The Morgan fingerprint density at radius 3 is 2.90 bits per heavy atom. The summed E-state index contributed by atoms with van der Waals surface area (Å²) in [5.74, 6) is 1.08. The molecule has 0 radical (unpaired) electrons. The van der Waals surface area contributed by atoms with Crippen molar-refractivity contribution in [3.63, 3.8) is 0 Å².